The summed E-state index contributed by atoms with van der Waals surface area (Å²) in [5, 5.41) is 1.01. The van der Waals surface area contributed by atoms with E-state index < -0.39 is 20.0 Å². The molecule has 0 N–H and O–H groups in total. The molecule has 138 valence electrons. The Morgan fingerprint density at radius 1 is 1.08 bits per heavy atom. The van der Waals surface area contributed by atoms with Gasteiger partial charge in [0.2, 0.25) is 5.91 Å². The standard InChI is InChI=1S/C18H23Cl2NO3S/c1-17(2)9-10-21(11-12-25(17,23)24)16(22)18(7-4-8-18)15-13(19)5-3-6-14(15)20/h3,5-6H,4,7-12H2,1-2H3. The lowest BCUT2D eigenvalue weighted by Crippen LogP contribution is -2.52. The highest BCUT2D eigenvalue weighted by atomic mass is 35.5. The highest BCUT2D eigenvalue weighted by Crippen LogP contribution is 2.50. The second-order valence-corrected chi connectivity index (χ2v) is 11.2. The third kappa shape index (κ3) is 3.08. The van der Waals surface area contributed by atoms with Crippen molar-refractivity contribution in [1.29, 1.82) is 0 Å². The summed E-state index contributed by atoms with van der Waals surface area (Å²) in [5.74, 6) is -0.0420. The SMILES string of the molecule is CC1(C)CCN(C(=O)C2(c3c(Cl)cccc3Cl)CCC2)CCS1(=O)=O. The molecule has 1 heterocycles. The molecule has 0 spiro atoms. The van der Waals surface area contributed by atoms with Crippen LogP contribution in [0.4, 0.5) is 0 Å². The van der Waals surface area contributed by atoms with Crippen molar-refractivity contribution in [3.8, 4) is 0 Å². The van der Waals surface area contributed by atoms with Crippen LogP contribution in [0.25, 0.3) is 0 Å². The van der Waals surface area contributed by atoms with Crippen LogP contribution in [0.5, 0.6) is 0 Å². The fourth-order valence-electron chi connectivity index (χ4n) is 3.74. The van der Waals surface area contributed by atoms with Crippen molar-refractivity contribution in [3.05, 3.63) is 33.8 Å². The quantitative estimate of drug-likeness (QED) is 0.753. The van der Waals surface area contributed by atoms with Gasteiger partial charge in [0, 0.05) is 28.7 Å². The third-order valence-corrected chi connectivity index (χ3v) is 9.04. The lowest BCUT2D eigenvalue weighted by atomic mass is 9.63. The zero-order valence-corrected chi connectivity index (χ0v) is 16.8. The maximum Gasteiger partial charge on any atom is 0.233 e. The molecule has 0 radical (unpaired) electrons. The summed E-state index contributed by atoms with van der Waals surface area (Å²) in [6.45, 7) is 4.14. The van der Waals surface area contributed by atoms with Crippen LogP contribution in [0.2, 0.25) is 10.0 Å². The average molecular weight is 404 g/mol. The van der Waals surface area contributed by atoms with Gasteiger partial charge in [-0.15, -0.1) is 0 Å². The summed E-state index contributed by atoms with van der Waals surface area (Å²) in [4.78, 5) is 15.1. The van der Waals surface area contributed by atoms with E-state index in [0.29, 0.717) is 41.4 Å². The van der Waals surface area contributed by atoms with E-state index in [1.165, 1.54) is 0 Å². The number of nitrogens with zero attached hydrogens (tertiary/aromatic N) is 1. The Labute approximate surface area is 159 Å². The first kappa shape index (κ1) is 19.0. The van der Waals surface area contributed by atoms with E-state index in [0.717, 1.165) is 6.42 Å². The molecule has 1 aromatic carbocycles. The number of amides is 1. The molecule has 4 nitrogen and oxygen atoms in total. The summed E-state index contributed by atoms with van der Waals surface area (Å²) < 4.78 is 24.0. The molecule has 2 fully saturated rings. The predicted octanol–water partition coefficient (Wildman–Crippen LogP) is 3.84. The van der Waals surface area contributed by atoms with E-state index in [4.69, 9.17) is 23.2 Å². The van der Waals surface area contributed by atoms with Crippen LogP contribution in [-0.4, -0.2) is 42.8 Å². The normalized spacial score (nSPS) is 24.2. The topological polar surface area (TPSA) is 54.5 Å². The van der Waals surface area contributed by atoms with Crippen molar-refractivity contribution in [3.63, 3.8) is 0 Å². The number of hydrogen-bond acceptors (Lipinski definition) is 3. The number of benzene rings is 1. The molecule has 1 saturated heterocycles. The van der Waals surface area contributed by atoms with Gasteiger partial charge in [-0.25, -0.2) is 8.42 Å². The van der Waals surface area contributed by atoms with Crippen LogP contribution >= 0.6 is 23.2 Å². The Morgan fingerprint density at radius 2 is 1.68 bits per heavy atom. The molecule has 1 saturated carbocycles. The van der Waals surface area contributed by atoms with Gasteiger partial charge in [-0.1, -0.05) is 35.7 Å². The molecule has 3 rings (SSSR count). The predicted molar refractivity (Wildman–Crippen MR) is 101 cm³/mol. The summed E-state index contributed by atoms with van der Waals surface area (Å²) in [6.07, 6.45) is 2.77. The summed E-state index contributed by atoms with van der Waals surface area (Å²) in [6, 6.07) is 5.28. The van der Waals surface area contributed by atoms with Crippen LogP contribution in [0.1, 0.15) is 45.1 Å². The van der Waals surface area contributed by atoms with Gasteiger partial charge in [-0.05, 0) is 45.2 Å². The van der Waals surface area contributed by atoms with Crippen LogP contribution in [-0.2, 0) is 20.0 Å². The van der Waals surface area contributed by atoms with Crippen molar-refractivity contribution in [2.45, 2.75) is 49.7 Å². The average Bonchev–Trinajstić information content (AvgIpc) is 2.58. The van der Waals surface area contributed by atoms with Crippen LogP contribution in [0, 0.1) is 0 Å². The number of carbonyl (C=O) groups excluding carboxylic acids is 1. The van der Waals surface area contributed by atoms with Gasteiger partial charge < -0.3 is 4.90 Å². The molecule has 2 aliphatic rings. The zero-order valence-electron chi connectivity index (χ0n) is 14.5. The molecule has 0 bridgehead atoms. The van der Waals surface area contributed by atoms with E-state index in [1.807, 2.05) is 0 Å². The maximum absolute atomic E-state index is 13.4. The molecule has 0 aromatic heterocycles. The number of sulfone groups is 1. The molecule has 1 aliphatic carbocycles. The van der Waals surface area contributed by atoms with Crippen molar-refractivity contribution < 1.29 is 13.2 Å². The molecule has 0 atom stereocenters. The Hall–Kier alpha value is -0.780. The number of carbonyl (C=O) groups is 1. The van der Waals surface area contributed by atoms with Crippen LogP contribution in [0.3, 0.4) is 0 Å². The van der Waals surface area contributed by atoms with E-state index in [9.17, 15) is 13.2 Å². The van der Waals surface area contributed by atoms with Crippen molar-refractivity contribution in [1.82, 2.24) is 4.90 Å². The van der Waals surface area contributed by atoms with Crippen LogP contribution < -0.4 is 0 Å². The number of rotatable bonds is 2. The minimum absolute atomic E-state index is 0.00191. The summed E-state index contributed by atoms with van der Waals surface area (Å²) in [5.41, 5.74) is -0.0193. The highest BCUT2D eigenvalue weighted by molar-refractivity contribution is 7.92. The van der Waals surface area contributed by atoms with Gasteiger partial charge in [-0.2, -0.15) is 0 Å². The van der Waals surface area contributed by atoms with E-state index in [1.54, 1.807) is 36.9 Å². The van der Waals surface area contributed by atoms with Gasteiger partial charge in [-0.3, -0.25) is 4.79 Å². The lowest BCUT2D eigenvalue weighted by molar-refractivity contribution is -0.140. The van der Waals surface area contributed by atoms with Crippen molar-refractivity contribution in [2.24, 2.45) is 0 Å². The van der Waals surface area contributed by atoms with E-state index in [2.05, 4.69) is 0 Å². The summed E-state index contributed by atoms with van der Waals surface area (Å²) >= 11 is 12.8. The highest BCUT2D eigenvalue weighted by Gasteiger charge is 2.51. The molecule has 1 amide bonds. The number of halogens is 2. The Bertz CT molecular complexity index is 780. The first-order valence-corrected chi connectivity index (χ1v) is 11.0. The second kappa shape index (κ2) is 6.43. The fraction of sp³-hybridized carbons (Fsp3) is 0.611. The van der Waals surface area contributed by atoms with E-state index >= 15 is 0 Å². The molecule has 25 heavy (non-hydrogen) atoms. The Kier molecular flexibility index (Phi) is 4.89. The molecule has 1 aliphatic heterocycles. The van der Waals surface area contributed by atoms with Crippen LogP contribution in [0.15, 0.2) is 18.2 Å². The smallest absolute Gasteiger partial charge is 0.233 e. The van der Waals surface area contributed by atoms with Gasteiger partial charge in [0.05, 0.1) is 15.9 Å². The molecular formula is C18H23Cl2NO3S. The Morgan fingerprint density at radius 3 is 2.20 bits per heavy atom. The maximum atomic E-state index is 13.4. The van der Waals surface area contributed by atoms with Crippen molar-refractivity contribution >= 4 is 38.9 Å². The van der Waals surface area contributed by atoms with Gasteiger partial charge in [0.1, 0.15) is 0 Å². The molecular weight excluding hydrogens is 381 g/mol. The zero-order chi connectivity index (χ0) is 18.5. The molecule has 1 aromatic rings. The number of hydrogen-bond donors (Lipinski definition) is 0. The molecule has 0 unspecified atom stereocenters. The van der Waals surface area contributed by atoms with E-state index in [-0.39, 0.29) is 18.2 Å². The first-order valence-electron chi connectivity index (χ1n) is 8.57. The van der Waals surface area contributed by atoms with Gasteiger partial charge in [0.25, 0.3) is 0 Å². The fourth-order valence-corrected chi connectivity index (χ4v) is 5.91. The largest absolute Gasteiger partial charge is 0.341 e. The Balaban J connectivity index is 1.94. The lowest BCUT2D eigenvalue weighted by Gasteiger charge is -2.44. The second-order valence-electron chi connectivity index (χ2n) is 7.65. The minimum Gasteiger partial charge on any atom is -0.341 e. The minimum atomic E-state index is -3.23. The first-order chi connectivity index (χ1) is 11.6. The summed E-state index contributed by atoms with van der Waals surface area (Å²) in [7, 11) is -3.23. The molecule has 7 heteroatoms. The van der Waals surface area contributed by atoms with Crippen molar-refractivity contribution in [2.75, 3.05) is 18.8 Å². The van der Waals surface area contributed by atoms with Gasteiger partial charge >= 0.3 is 0 Å². The third-order valence-electron chi connectivity index (χ3n) is 5.80. The monoisotopic (exact) mass is 403 g/mol. The van der Waals surface area contributed by atoms with Gasteiger partial charge in [0.15, 0.2) is 9.84 Å².